The third kappa shape index (κ3) is 3.72. The molecule has 0 saturated carbocycles. The molecule has 1 amide bonds. The highest BCUT2D eigenvalue weighted by Crippen LogP contribution is 2.32. The van der Waals surface area contributed by atoms with Gasteiger partial charge in [-0.2, -0.15) is 13.2 Å². The zero-order chi connectivity index (χ0) is 19.1. The van der Waals surface area contributed by atoms with Gasteiger partial charge >= 0.3 is 6.18 Å². The number of halogens is 3. The minimum Gasteiger partial charge on any atom is -0.341 e. The summed E-state index contributed by atoms with van der Waals surface area (Å²) < 4.78 is 40.1. The maximum atomic E-state index is 12.8. The molecule has 0 radical (unpaired) electrons. The number of aryl methyl sites for hydroxylation is 1. The first-order chi connectivity index (χ1) is 12.1. The van der Waals surface area contributed by atoms with E-state index in [2.05, 4.69) is 20.9 Å². The van der Waals surface area contributed by atoms with Crippen molar-refractivity contribution in [1.82, 2.24) is 25.6 Å². The summed E-state index contributed by atoms with van der Waals surface area (Å²) in [5.41, 5.74) is 1.23. The predicted octanol–water partition coefficient (Wildman–Crippen LogP) is 2.71. The van der Waals surface area contributed by atoms with E-state index in [1.807, 2.05) is 13.8 Å². The third-order valence-corrected chi connectivity index (χ3v) is 4.55. The van der Waals surface area contributed by atoms with Crippen LogP contribution in [0.3, 0.4) is 0 Å². The lowest BCUT2D eigenvalue weighted by Crippen LogP contribution is -2.51. The monoisotopic (exact) mass is 367 g/mol. The van der Waals surface area contributed by atoms with Gasteiger partial charge in [-0.05, 0) is 44.0 Å². The van der Waals surface area contributed by atoms with Crippen LogP contribution in [-0.2, 0) is 11.0 Å². The molecule has 1 aliphatic heterocycles. The van der Waals surface area contributed by atoms with Crippen LogP contribution in [0.1, 0.15) is 54.7 Å². The zero-order valence-corrected chi connectivity index (χ0v) is 14.6. The van der Waals surface area contributed by atoms with Crippen LogP contribution < -0.4 is 10.6 Å². The fourth-order valence-electron chi connectivity index (χ4n) is 3.18. The molecule has 2 unspecified atom stereocenters. The summed E-state index contributed by atoms with van der Waals surface area (Å²) in [6, 6.07) is 3.16. The van der Waals surface area contributed by atoms with Gasteiger partial charge in [0, 0.05) is 6.42 Å². The number of hydrogen-bond donors (Lipinski definition) is 2. The SMILES string of the molecule is Cc1cc(C(F)(F)F)ccc1[C@H](C)n1cc(C2CC(=O)NC(C)N2)nn1. The van der Waals surface area contributed by atoms with Crippen molar-refractivity contribution in [2.75, 3.05) is 0 Å². The van der Waals surface area contributed by atoms with Crippen molar-refractivity contribution >= 4 is 5.91 Å². The molecule has 2 heterocycles. The van der Waals surface area contributed by atoms with Gasteiger partial charge in [0.2, 0.25) is 5.91 Å². The highest BCUT2D eigenvalue weighted by Gasteiger charge is 2.31. The number of carbonyl (C=O) groups excluding carboxylic acids is 1. The van der Waals surface area contributed by atoms with Crippen LogP contribution in [0.15, 0.2) is 24.4 Å². The smallest absolute Gasteiger partial charge is 0.341 e. The minimum atomic E-state index is -4.36. The summed E-state index contributed by atoms with van der Waals surface area (Å²) in [6.45, 7) is 5.33. The summed E-state index contributed by atoms with van der Waals surface area (Å²) in [6.07, 6.45) is -2.54. The van der Waals surface area contributed by atoms with E-state index in [0.29, 0.717) is 11.3 Å². The maximum Gasteiger partial charge on any atom is 0.416 e. The van der Waals surface area contributed by atoms with E-state index < -0.39 is 11.7 Å². The number of aromatic nitrogens is 3. The molecule has 1 aromatic carbocycles. The van der Waals surface area contributed by atoms with Crippen LogP contribution in [-0.4, -0.2) is 27.1 Å². The van der Waals surface area contributed by atoms with E-state index in [9.17, 15) is 18.0 Å². The molecule has 0 bridgehead atoms. The minimum absolute atomic E-state index is 0.0672. The van der Waals surface area contributed by atoms with Crippen molar-refractivity contribution in [2.24, 2.45) is 0 Å². The average Bonchev–Trinajstić information content (AvgIpc) is 3.02. The standard InChI is InChI=1S/C17H20F3N5O/c1-9-6-12(17(18,19)20)4-5-13(9)10(2)25-8-15(23-24-25)14-7-16(26)22-11(3)21-14/h4-6,8,10-11,14,21H,7H2,1-3H3,(H,22,26)/t10-,11?,14?/m0/s1. The number of rotatable bonds is 3. The second kappa shape index (κ2) is 6.71. The first-order valence-electron chi connectivity index (χ1n) is 8.30. The molecule has 140 valence electrons. The topological polar surface area (TPSA) is 71.8 Å². The fraction of sp³-hybridized carbons (Fsp3) is 0.471. The third-order valence-electron chi connectivity index (χ3n) is 4.55. The van der Waals surface area contributed by atoms with Gasteiger partial charge in [0.1, 0.15) is 5.69 Å². The van der Waals surface area contributed by atoms with Crippen molar-refractivity contribution in [3.05, 3.63) is 46.8 Å². The van der Waals surface area contributed by atoms with Gasteiger partial charge in [-0.25, -0.2) is 4.68 Å². The molecule has 1 aromatic heterocycles. The average molecular weight is 367 g/mol. The highest BCUT2D eigenvalue weighted by molar-refractivity contribution is 5.77. The van der Waals surface area contributed by atoms with E-state index >= 15 is 0 Å². The lowest BCUT2D eigenvalue weighted by molar-refractivity contribution is -0.137. The van der Waals surface area contributed by atoms with Gasteiger partial charge in [-0.15, -0.1) is 5.10 Å². The number of carbonyl (C=O) groups is 1. The first kappa shape index (κ1) is 18.4. The Bertz CT molecular complexity index is 817. The van der Waals surface area contributed by atoms with E-state index in [1.54, 1.807) is 17.8 Å². The highest BCUT2D eigenvalue weighted by atomic mass is 19.4. The van der Waals surface area contributed by atoms with Gasteiger partial charge in [-0.3, -0.25) is 10.1 Å². The predicted molar refractivity (Wildman–Crippen MR) is 88.1 cm³/mol. The molecule has 1 aliphatic rings. The Morgan fingerprint density at radius 1 is 1.35 bits per heavy atom. The lowest BCUT2D eigenvalue weighted by atomic mass is 9.99. The van der Waals surface area contributed by atoms with Gasteiger partial charge < -0.3 is 5.32 Å². The Balaban J connectivity index is 1.82. The molecule has 0 aliphatic carbocycles. The van der Waals surface area contributed by atoms with Gasteiger partial charge in [0.05, 0.1) is 30.0 Å². The van der Waals surface area contributed by atoms with Gasteiger partial charge in [-0.1, -0.05) is 11.3 Å². The Hall–Kier alpha value is -2.42. The van der Waals surface area contributed by atoms with Crippen molar-refractivity contribution in [1.29, 1.82) is 0 Å². The zero-order valence-electron chi connectivity index (χ0n) is 14.6. The molecule has 3 rings (SSSR count). The molecule has 1 fully saturated rings. The van der Waals surface area contributed by atoms with Crippen LogP contribution in [0.5, 0.6) is 0 Å². The largest absolute Gasteiger partial charge is 0.416 e. The quantitative estimate of drug-likeness (QED) is 0.875. The molecular weight excluding hydrogens is 347 g/mol. The number of amides is 1. The van der Waals surface area contributed by atoms with Crippen LogP contribution in [0.2, 0.25) is 0 Å². The lowest BCUT2D eigenvalue weighted by Gasteiger charge is -2.27. The van der Waals surface area contributed by atoms with E-state index in [4.69, 9.17) is 0 Å². The molecule has 2 N–H and O–H groups in total. The molecule has 0 spiro atoms. The molecule has 9 heteroatoms. The number of hydrogen-bond acceptors (Lipinski definition) is 4. The van der Waals surface area contributed by atoms with Crippen LogP contribution in [0, 0.1) is 6.92 Å². The summed E-state index contributed by atoms with van der Waals surface area (Å²) in [5, 5.41) is 14.2. The van der Waals surface area contributed by atoms with Crippen LogP contribution >= 0.6 is 0 Å². The maximum absolute atomic E-state index is 12.8. The van der Waals surface area contributed by atoms with Crippen molar-refractivity contribution in [2.45, 2.75) is 51.6 Å². The van der Waals surface area contributed by atoms with E-state index in [1.165, 1.54) is 6.07 Å². The normalized spacial score (nSPS) is 22.2. The first-order valence-corrected chi connectivity index (χ1v) is 8.30. The van der Waals surface area contributed by atoms with Crippen molar-refractivity contribution < 1.29 is 18.0 Å². The Kier molecular flexibility index (Phi) is 4.74. The second-order valence-electron chi connectivity index (χ2n) is 6.58. The summed E-state index contributed by atoms with van der Waals surface area (Å²) in [5.74, 6) is -0.0672. The molecule has 3 atom stereocenters. The van der Waals surface area contributed by atoms with Crippen LogP contribution in [0.4, 0.5) is 13.2 Å². The Morgan fingerprint density at radius 2 is 2.08 bits per heavy atom. The summed E-state index contributed by atoms with van der Waals surface area (Å²) >= 11 is 0. The number of nitrogens with one attached hydrogen (secondary N) is 2. The summed E-state index contributed by atoms with van der Waals surface area (Å²) in [4.78, 5) is 11.7. The van der Waals surface area contributed by atoms with Crippen molar-refractivity contribution in [3.63, 3.8) is 0 Å². The number of nitrogens with zero attached hydrogens (tertiary/aromatic N) is 3. The van der Waals surface area contributed by atoms with E-state index in [-0.39, 0.29) is 30.6 Å². The number of alkyl halides is 3. The number of benzene rings is 1. The van der Waals surface area contributed by atoms with Gasteiger partial charge in [0.25, 0.3) is 0 Å². The van der Waals surface area contributed by atoms with Crippen LogP contribution in [0.25, 0.3) is 0 Å². The Morgan fingerprint density at radius 3 is 2.69 bits per heavy atom. The molecule has 2 aromatic rings. The molecular formula is C17H20F3N5O. The fourth-order valence-corrected chi connectivity index (χ4v) is 3.18. The molecule has 26 heavy (non-hydrogen) atoms. The van der Waals surface area contributed by atoms with E-state index in [0.717, 1.165) is 17.7 Å². The Labute approximate surface area is 148 Å². The second-order valence-corrected chi connectivity index (χ2v) is 6.58. The molecule has 6 nitrogen and oxygen atoms in total. The summed E-state index contributed by atoms with van der Waals surface area (Å²) in [7, 11) is 0. The van der Waals surface area contributed by atoms with Crippen molar-refractivity contribution in [3.8, 4) is 0 Å². The molecule has 1 saturated heterocycles. The van der Waals surface area contributed by atoms with Gasteiger partial charge in [0.15, 0.2) is 0 Å².